The molecule has 24 heavy (non-hydrogen) atoms. The Morgan fingerprint density at radius 1 is 0.958 bits per heavy atom. The van der Waals surface area contributed by atoms with Crippen molar-refractivity contribution in [3.05, 3.63) is 36.8 Å². The summed E-state index contributed by atoms with van der Waals surface area (Å²) in [4.78, 5) is 5.34. The molecule has 3 heteroatoms. The Morgan fingerprint density at radius 2 is 1.75 bits per heavy atom. The minimum atomic E-state index is -0.140. The number of rotatable bonds is 15. The van der Waals surface area contributed by atoms with Gasteiger partial charge in [-0.3, -0.25) is 0 Å². The minimum Gasteiger partial charge on any atom is -0.393 e. The molecule has 1 rings (SSSR count). The third-order valence-electron chi connectivity index (χ3n) is 4.35. The summed E-state index contributed by atoms with van der Waals surface area (Å²) < 4.78 is 0. The average molecular weight is 336 g/mol. The van der Waals surface area contributed by atoms with Gasteiger partial charge in [-0.05, 0) is 44.3 Å². The highest BCUT2D eigenvalue weighted by molar-refractivity contribution is 5.01. The molecule has 0 fully saturated rings. The zero-order valence-electron chi connectivity index (χ0n) is 15.5. The van der Waals surface area contributed by atoms with Gasteiger partial charge < -0.3 is 9.94 Å². The van der Waals surface area contributed by atoms with Crippen LogP contribution >= 0.6 is 0 Å². The molecule has 138 valence electrons. The molecule has 0 spiro atoms. The van der Waals surface area contributed by atoms with Crippen LogP contribution in [0.25, 0.3) is 0 Å². The van der Waals surface area contributed by atoms with Crippen molar-refractivity contribution < 1.29 is 9.94 Å². The highest BCUT2D eigenvalue weighted by atomic mass is 16.7. The summed E-state index contributed by atoms with van der Waals surface area (Å²) in [6.45, 7) is 3.19. The van der Waals surface area contributed by atoms with Gasteiger partial charge in [0.15, 0.2) is 0 Å². The van der Waals surface area contributed by atoms with Gasteiger partial charge in [0.2, 0.25) is 0 Å². The second-order valence-corrected chi connectivity index (χ2v) is 6.68. The molecule has 1 N–H and O–H groups in total. The Bertz CT molecular complexity index is 363. The molecule has 0 aromatic rings. The van der Waals surface area contributed by atoms with Crippen molar-refractivity contribution >= 4 is 0 Å². The maximum Gasteiger partial charge on any atom is 0.119 e. The van der Waals surface area contributed by atoms with Crippen LogP contribution in [0.5, 0.6) is 0 Å². The Balaban J connectivity index is 1.82. The van der Waals surface area contributed by atoms with Crippen LogP contribution in [0.4, 0.5) is 0 Å². The summed E-state index contributed by atoms with van der Waals surface area (Å²) in [6, 6.07) is 0. The van der Waals surface area contributed by atoms with Crippen LogP contribution in [0.15, 0.2) is 36.8 Å². The van der Waals surface area contributed by atoms with Crippen molar-refractivity contribution in [1.82, 2.24) is 5.06 Å². The summed E-state index contributed by atoms with van der Waals surface area (Å²) >= 11 is 0. The monoisotopic (exact) mass is 335 g/mol. The van der Waals surface area contributed by atoms with E-state index in [9.17, 15) is 5.11 Å². The summed E-state index contributed by atoms with van der Waals surface area (Å²) in [6.07, 6.45) is 26.0. The molecule has 0 aromatic carbocycles. The fourth-order valence-electron chi connectivity index (χ4n) is 2.82. The van der Waals surface area contributed by atoms with Gasteiger partial charge >= 0.3 is 0 Å². The molecule has 0 bridgehead atoms. The molecule has 0 amide bonds. The van der Waals surface area contributed by atoms with E-state index in [1.165, 1.54) is 51.4 Å². The predicted molar refractivity (Wildman–Crippen MR) is 102 cm³/mol. The lowest BCUT2D eigenvalue weighted by Crippen LogP contribution is -2.17. The highest BCUT2D eigenvalue weighted by Gasteiger charge is 2.01. The Hall–Kier alpha value is -1.22. The van der Waals surface area contributed by atoms with Crippen molar-refractivity contribution in [1.29, 1.82) is 0 Å². The summed E-state index contributed by atoms with van der Waals surface area (Å²) in [5.74, 6) is 0. The molecular formula is C21H37NO2. The van der Waals surface area contributed by atoms with Gasteiger partial charge in [0, 0.05) is 6.20 Å². The maximum absolute atomic E-state index is 9.88. The van der Waals surface area contributed by atoms with E-state index in [2.05, 4.69) is 19.1 Å². The standard InChI is InChI=1S/C21H37NO2/c1-2-3-4-11-16-21(23)17-12-9-7-5-6-8-10-13-18-22-19-14-15-20-24-22/h9,12,14-15,19-21,23H,2-8,10-11,13,16-18H2,1H3. The molecule has 0 aromatic heterocycles. The molecule has 1 aliphatic heterocycles. The van der Waals surface area contributed by atoms with E-state index in [0.717, 1.165) is 32.2 Å². The molecule has 3 nitrogen and oxygen atoms in total. The third-order valence-corrected chi connectivity index (χ3v) is 4.35. The van der Waals surface area contributed by atoms with E-state index in [1.54, 1.807) is 6.26 Å². The first-order chi connectivity index (χ1) is 11.8. The molecule has 0 aliphatic carbocycles. The van der Waals surface area contributed by atoms with Crippen LogP contribution in [0.3, 0.4) is 0 Å². The van der Waals surface area contributed by atoms with Gasteiger partial charge in [-0.1, -0.05) is 64.0 Å². The lowest BCUT2D eigenvalue weighted by molar-refractivity contribution is -0.0604. The summed E-state index contributed by atoms with van der Waals surface area (Å²) in [7, 11) is 0. The molecule has 1 heterocycles. The first kappa shape index (κ1) is 20.8. The number of aliphatic hydroxyl groups is 1. The molecule has 1 aliphatic rings. The molecule has 0 saturated heterocycles. The Kier molecular flexibility index (Phi) is 13.3. The van der Waals surface area contributed by atoms with Gasteiger partial charge in [0.05, 0.1) is 12.6 Å². The quantitative estimate of drug-likeness (QED) is 0.300. The minimum absolute atomic E-state index is 0.140. The van der Waals surface area contributed by atoms with Crippen LogP contribution in [-0.2, 0) is 4.84 Å². The fourth-order valence-corrected chi connectivity index (χ4v) is 2.82. The lowest BCUT2D eigenvalue weighted by atomic mass is 10.1. The molecule has 0 saturated carbocycles. The normalized spacial score (nSPS) is 15.2. The van der Waals surface area contributed by atoms with Gasteiger partial charge in [-0.25, -0.2) is 5.06 Å². The van der Waals surface area contributed by atoms with Crippen LogP contribution in [0.1, 0.15) is 84.0 Å². The number of hydroxylamine groups is 2. The van der Waals surface area contributed by atoms with E-state index >= 15 is 0 Å². The summed E-state index contributed by atoms with van der Waals surface area (Å²) in [5, 5.41) is 11.8. The predicted octanol–water partition coefficient (Wildman–Crippen LogP) is 5.88. The zero-order valence-corrected chi connectivity index (χ0v) is 15.5. The number of allylic oxidation sites excluding steroid dienone is 3. The van der Waals surface area contributed by atoms with Crippen molar-refractivity contribution in [2.45, 2.75) is 90.1 Å². The first-order valence-corrected chi connectivity index (χ1v) is 9.92. The van der Waals surface area contributed by atoms with E-state index in [-0.39, 0.29) is 6.10 Å². The van der Waals surface area contributed by atoms with Gasteiger partial charge in [0.1, 0.15) is 6.26 Å². The SMILES string of the molecule is CCCCCCC(O)CC=CCCCCCCCN1C=CC=CO1. The number of hydrogen-bond acceptors (Lipinski definition) is 3. The second kappa shape index (κ2) is 15.3. The molecule has 1 atom stereocenters. The average Bonchev–Trinajstić information content (AvgIpc) is 2.61. The number of aliphatic hydroxyl groups excluding tert-OH is 1. The Morgan fingerprint density at radius 3 is 2.54 bits per heavy atom. The van der Waals surface area contributed by atoms with Crippen LogP contribution in [0.2, 0.25) is 0 Å². The van der Waals surface area contributed by atoms with Gasteiger partial charge in [-0.15, -0.1) is 0 Å². The van der Waals surface area contributed by atoms with Crippen molar-refractivity contribution in [3.8, 4) is 0 Å². The smallest absolute Gasteiger partial charge is 0.119 e. The van der Waals surface area contributed by atoms with Crippen molar-refractivity contribution in [2.75, 3.05) is 6.54 Å². The third kappa shape index (κ3) is 12.2. The number of unbranched alkanes of at least 4 members (excludes halogenated alkanes) is 8. The van der Waals surface area contributed by atoms with E-state index in [0.29, 0.717) is 0 Å². The van der Waals surface area contributed by atoms with Crippen LogP contribution < -0.4 is 0 Å². The topological polar surface area (TPSA) is 32.7 Å². The van der Waals surface area contributed by atoms with Crippen molar-refractivity contribution in [3.63, 3.8) is 0 Å². The molecule has 0 radical (unpaired) electrons. The van der Waals surface area contributed by atoms with Crippen LogP contribution in [0, 0.1) is 0 Å². The van der Waals surface area contributed by atoms with E-state index in [1.807, 2.05) is 23.4 Å². The van der Waals surface area contributed by atoms with E-state index in [4.69, 9.17) is 4.84 Å². The molecular weight excluding hydrogens is 298 g/mol. The largest absolute Gasteiger partial charge is 0.393 e. The number of hydrogen-bond donors (Lipinski definition) is 1. The second-order valence-electron chi connectivity index (χ2n) is 6.68. The van der Waals surface area contributed by atoms with Crippen molar-refractivity contribution in [2.24, 2.45) is 0 Å². The first-order valence-electron chi connectivity index (χ1n) is 9.92. The molecule has 1 unspecified atom stereocenters. The summed E-state index contributed by atoms with van der Waals surface area (Å²) in [5.41, 5.74) is 0. The maximum atomic E-state index is 9.88. The van der Waals surface area contributed by atoms with Gasteiger partial charge in [-0.2, -0.15) is 0 Å². The zero-order chi connectivity index (χ0) is 17.3. The number of nitrogens with zero attached hydrogens (tertiary/aromatic N) is 1. The van der Waals surface area contributed by atoms with E-state index < -0.39 is 0 Å². The van der Waals surface area contributed by atoms with Gasteiger partial charge in [0.25, 0.3) is 0 Å². The highest BCUT2D eigenvalue weighted by Crippen LogP contribution is 2.10. The Labute approximate surface area is 149 Å². The lowest BCUT2D eigenvalue weighted by Gasteiger charge is -2.19. The fraction of sp³-hybridized carbons (Fsp3) is 0.714. The van der Waals surface area contributed by atoms with Crippen LogP contribution in [-0.4, -0.2) is 22.8 Å².